The number of benzene rings is 2. The van der Waals surface area contributed by atoms with E-state index in [9.17, 15) is 13.2 Å². The van der Waals surface area contributed by atoms with Crippen molar-refractivity contribution >= 4 is 21.6 Å². The number of hydrogen-bond donors (Lipinski definition) is 0. The monoisotopic (exact) mass is 430 g/mol. The Labute approximate surface area is 179 Å². The topological polar surface area (TPSA) is 66.9 Å². The van der Waals surface area contributed by atoms with Gasteiger partial charge in [0.05, 0.1) is 18.1 Å². The molecule has 0 unspecified atom stereocenters. The zero-order chi connectivity index (χ0) is 21.6. The average molecular weight is 431 g/mol. The fraction of sp³-hybridized carbons (Fsp3) is 0.435. The summed E-state index contributed by atoms with van der Waals surface area (Å²) in [6.45, 7) is 6.02. The summed E-state index contributed by atoms with van der Waals surface area (Å²) in [5, 5.41) is 0. The van der Waals surface area contributed by atoms with Crippen LogP contribution in [0.1, 0.15) is 42.6 Å². The Kier molecular flexibility index (Phi) is 7.64. The van der Waals surface area contributed by atoms with Crippen LogP contribution in [0.2, 0.25) is 0 Å². The van der Waals surface area contributed by atoms with Crippen molar-refractivity contribution < 1.29 is 17.9 Å². The average Bonchev–Trinajstić information content (AvgIpc) is 2.80. The second kappa shape index (κ2) is 10.2. The Balaban J connectivity index is 1.99. The summed E-state index contributed by atoms with van der Waals surface area (Å²) >= 11 is 0. The zero-order valence-electron chi connectivity index (χ0n) is 17.7. The zero-order valence-corrected chi connectivity index (χ0v) is 18.5. The van der Waals surface area contributed by atoms with Gasteiger partial charge in [0, 0.05) is 30.9 Å². The number of nitrogens with zero attached hydrogens (tertiary/aromatic N) is 2. The summed E-state index contributed by atoms with van der Waals surface area (Å²) in [6.07, 6.45) is 2.40. The number of sulfonamides is 1. The first-order chi connectivity index (χ1) is 14.5. The Morgan fingerprint density at radius 2 is 1.77 bits per heavy atom. The summed E-state index contributed by atoms with van der Waals surface area (Å²) in [6, 6.07) is 14.6. The minimum atomic E-state index is -3.69. The molecule has 0 bridgehead atoms. The molecule has 2 aromatic rings. The van der Waals surface area contributed by atoms with Gasteiger partial charge in [0.25, 0.3) is 5.91 Å². The summed E-state index contributed by atoms with van der Waals surface area (Å²) < 4.78 is 33.3. The lowest BCUT2D eigenvalue weighted by molar-refractivity contribution is 0.0730. The van der Waals surface area contributed by atoms with Gasteiger partial charge in [0.2, 0.25) is 10.0 Å². The number of ether oxygens (including phenoxy) is 1. The molecular formula is C23H30N2O4S. The highest BCUT2D eigenvalue weighted by atomic mass is 32.2. The van der Waals surface area contributed by atoms with Crippen molar-refractivity contribution in [1.29, 1.82) is 0 Å². The molecule has 0 aliphatic carbocycles. The van der Waals surface area contributed by atoms with Gasteiger partial charge in [-0.3, -0.25) is 4.79 Å². The number of morpholine rings is 1. The molecule has 7 heteroatoms. The maximum Gasteiger partial charge on any atom is 0.258 e. The first-order valence-corrected chi connectivity index (χ1v) is 12.0. The molecule has 1 saturated heterocycles. The lowest BCUT2D eigenvalue weighted by Crippen LogP contribution is -2.41. The van der Waals surface area contributed by atoms with E-state index in [4.69, 9.17) is 4.74 Å². The molecule has 162 valence electrons. The third-order valence-electron chi connectivity index (χ3n) is 5.33. The summed E-state index contributed by atoms with van der Waals surface area (Å²) in [7, 11) is -3.69. The molecule has 0 aromatic heterocycles. The molecule has 0 radical (unpaired) electrons. The largest absolute Gasteiger partial charge is 0.379 e. The molecule has 2 aromatic carbocycles. The maximum absolute atomic E-state index is 13.4. The molecule has 0 atom stereocenters. The van der Waals surface area contributed by atoms with Crippen LogP contribution in [0, 0.1) is 0 Å². The van der Waals surface area contributed by atoms with E-state index in [1.54, 1.807) is 23.1 Å². The van der Waals surface area contributed by atoms with E-state index in [0.717, 1.165) is 24.1 Å². The van der Waals surface area contributed by atoms with E-state index < -0.39 is 10.0 Å². The number of anilines is 1. The SMILES string of the molecule is CCCCN(C(=O)c1ccc(CC)c(S(=O)(=O)N2CCOCC2)c1)c1ccccc1. The smallest absolute Gasteiger partial charge is 0.258 e. The Hall–Kier alpha value is -2.22. The van der Waals surface area contributed by atoms with Gasteiger partial charge < -0.3 is 9.64 Å². The first kappa shape index (κ1) is 22.5. The van der Waals surface area contributed by atoms with Crippen LogP contribution in [0.25, 0.3) is 0 Å². The van der Waals surface area contributed by atoms with Gasteiger partial charge in [0.1, 0.15) is 0 Å². The number of hydrogen-bond acceptors (Lipinski definition) is 4. The van der Waals surface area contributed by atoms with E-state index in [1.807, 2.05) is 37.3 Å². The van der Waals surface area contributed by atoms with E-state index in [-0.39, 0.29) is 10.8 Å². The second-order valence-corrected chi connectivity index (χ2v) is 9.24. The molecule has 1 fully saturated rings. The van der Waals surface area contributed by atoms with Crippen LogP contribution < -0.4 is 4.90 Å². The van der Waals surface area contributed by atoms with Crippen LogP contribution in [-0.2, 0) is 21.2 Å². The normalized spacial score (nSPS) is 15.1. The summed E-state index contributed by atoms with van der Waals surface area (Å²) in [5.74, 6) is -0.185. The number of para-hydroxylation sites is 1. The van der Waals surface area contributed by atoms with Crippen LogP contribution in [0.15, 0.2) is 53.4 Å². The molecule has 3 rings (SSSR count). The van der Waals surface area contributed by atoms with Crippen molar-refractivity contribution in [1.82, 2.24) is 4.31 Å². The van der Waals surface area contributed by atoms with Gasteiger partial charge in [-0.1, -0.05) is 44.5 Å². The van der Waals surface area contributed by atoms with Crippen LogP contribution in [0.5, 0.6) is 0 Å². The highest BCUT2D eigenvalue weighted by Gasteiger charge is 2.29. The van der Waals surface area contributed by atoms with E-state index in [0.29, 0.717) is 44.8 Å². The van der Waals surface area contributed by atoms with E-state index >= 15 is 0 Å². The molecule has 1 aliphatic heterocycles. The molecule has 1 aliphatic rings. The lowest BCUT2D eigenvalue weighted by atomic mass is 10.1. The Morgan fingerprint density at radius 1 is 1.07 bits per heavy atom. The predicted molar refractivity (Wildman–Crippen MR) is 118 cm³/mol. The predicted octanol–water partition coefficient (Wildman–Crippen LogP) is 3.72. The summed E-state index contributed by atoms with van der Waals surface area (Å²) in [4.78, 5) is 15.4. The number of unbranched alkanes of at least 4 members (excludes halogenated alkanes) is 1. The van der Waals surface area contributed by atoms with Crippen molar-refractivity contribution in [2.24, 2.45) is 0 Å². The number of aryl methyl sites for hydroxylation is 1. The molecule has 0 spiro atoms. The van der Waals surface area contributed by atoms with Gasteiger partial charge in [-0.05, 0) is 42.7 Å². The quantitative estimate of drug-likeness (QED) is 0.640. The molecular weight excluding hydrogens is 400 g/mol. The minimum absolute atomic E-state index is 0.185. The molecule has 1 heterocycles. The highest BCUT2D eigenvalue weighted by Crippen LogP contribution is 2.25. The van der Waals surface area contributed by atoms with Gasteiger partial charge in [-0.2, -0.15) is 4.31 Å². The van der Waals surface area contributed by atoms with Gasteiger partial charge >= 0.3 is 0 Å². The van der Waals surface area contributed by atoms with E-state index in [1.165, 1.54) is 4.31 Å². The number of amides is 1. The maximum atomic E-state index is 13.4. The minimum Gasteiger partial charge on any atom is -0.379 e. The van der Waals surface area contributed by atoms with Crippen LogP contribution in [0.4, 0.5) is 5.69 Å². The number of rotatable bonds is 8. The van der Waals surface area contributed by atoms with Gasteiger partial charge in [0.15, 0.2) is 0 Å². The third-order valence-corrected chi connectivity index (χ3v) is 7.31. The first-order valence-electron chi connectivity index (χ1n) is 10.6. The molecule has 6 nitrogen and oxygen atoms in total. The Bertz CT molecular complexity index is 954. The number of carbonyl (C=O) groups excluding carboxylic acids is 1. The molecule has 30 heavy (non-hydrogen) atoms. The lowest BCUT2D eigenvalue weighted by Gasteiger charge is -2.27. The van der Waals surface area contributed by atoms with Crippen molar-refractivity contribution in [3.63, 3.8) is 0 Å². The van der Waals surface area contributed by atoms with Crippen LogP contribution in [-0.4, -0.2) is 51.5 Å². The number of carbonyl (C=O) groups is 1. The van der Waals surface area contributed by atoms with Crippen molar-refractivity contribution in [2.75, 3.05) is 37.7 Å². The van der Waals surface area contributed by atoms with Crippen molar-refractivity contribution in [3.05, 3.63) is 59.7 Å². The molecule has 0 saturated carbocycles. The van der Waals surface area contributed by atoms with Crippen molar-refractivity contribution in [2.45, 2.75) is 38.0 Å². The van der Waals surface area contributed by atoms with Crippen molar-refractivity contribution in [3.8, 4) is 0 Å². The van der Waals surface area contributed by atoms with Crippen LogP contribution >= 0.6 is 0 Å². The van der Waals surface area contributed by atoms with Crippen LogP contribution in [0.3, 0.4) is 0 Å². The second-order valence-electron chi connectivity index (χ2n) is 7.34. The fourth-order valence-electron chi connectivity index (χ4n) is 3.57. The summed E-state index contributed by atoms with van der Waals surface area (Å²) in [5.41, 5.74) is 1.92. The standard InChI is InChI=1S/C23H30N2O4S/c1-3-5-13-25(21-9-7-6-8-10-21)23(26)20-12-11-19(4-2)22(18-20)30(27,28)24-14-16-29-17-15-24/h6-12,18H,3-5,13-17H2,1-2H3. The Morgan fingerprint density at radius 3 is 2.40 bits per heavy atom. The molecule has 1 amide bonds. The highest BCUT2D eigenvalue weighted by molar-refractivity contribution is 7.89. The third kappa shape index (κ3) is 4.91. The van der Waals surface area contributed by atoms with Gasteiger partial charge in [-0.25, -0.2) is 8.42 Å². The van der Waals surface area contributed by atoms with Gasteiger partial charge in [-0.15, -0.1) is 0 Å². The molecule has 0 N–H and O–H groups in total. The van der Waals surface area contributed by atoms with E-state index in [2.05, 4.69) is 6.92 Å². The fourth-order valence-corrected chi connectivity index (χ4v) is 5.30.